The molecular formula is C20H23NO5S2. The van der Waals surface area contributed by atoms with Gasteiger partial charge in [0.2, 0.25) is 5.91 Å². The minimum Gasteiger partial charge on any atom is -0.337 e. The van der Waals surface area contributed by atoms with Crippen LogP contribution < -0.4 is 0 Å². The maximum atomic E-state index is 12.5. The molecule has 0 aliphatic heterocycles. The molecule has 0 fully saturated rings. The molecule has 0 radical (unpaired) electrons. The minimum atomic E-state index is -3.59. The van der Waals surface area contributed by atoms with Gasteiger partial charge < -0.3 is 4.90 Å². The number of carbonyl (C=O) groups excluding carboxylic acids is 1. The number of hydrogen-bond donors (Lipinski definition) is 0. The lowest BCUT2D eigenvalue weighted by Gasteiger charge is -2.23. The Morgan fingerprint density at radius 3 is 1.46 bits per heavy atom. The van der Waals surface area contributed by atoms with E-state index in [1.54, 1.807) is 36.4 Å². The van der Waals surface area contributed by atoms with E-state index in [1.807, 2.05) is 0 Å². The van der Waals surface area contributed by atoms with Crippen LogP contribution in [-0.2, 0) is 24.5 Å². The summed E-state index contributed by atoms with van der Waals surface area (Å²) in [4.78, 5) is 13.9. The van der Waals surface area contributed by atoms with Crippen LogP contribution >= 0.6 is 0 Å². The van der Waals surface area contributed by atoms with E-state index in [-0.39, 0.29) is 40.0 Å². The monoisotopic (exact) mass is 421 g/mol. The fourth-order valence-corrected chi connectivity index (χ4v) is 5.07. The zero-order valence-corrected chi connectivity index (χ0v) is 17.2. The number of benzene rings is 2. The third-order valence-corrected chi connectivity index (χ3v) is 7.54. The second kappa shape index (κ2) is 9.16. The van der Waals surface area contributed by atoms with Gasteiger partial charge in [-0.15, -0.1) is 0 Å². The van der Waals surface area contributed by atoms with Crippen molar-refractivity contribution in [3.63, 3.8) is 0 Å². The Balaban J connectivity index is 2.13. The van der Waals surface area contributed by atoms with Crippen LogP contribution in [0.25, 0.3) is 0 Å². The first-order valence-electron chi connectivity index (χ1n) is 8.64. The molecule has 0 unspecified atom stereocenters. The quantitative estimate of drug-likeness (QED) is 0.580. The smallest absolute Gasteiger partial charge is 0.248 e. The first-order chi connectivity index (χ1) is 13.1. The van der Waals surface area contributed by atoms with Crippen molar-refractivity contribution < 1.29 is 21.6 Å². The number of hydrogen-bond acceptors (Lipinski definition) is 5. The molecule has 0 heterocycles. The fourth-order valence-electron chi connectivity index (χ4n) is 2.54. The maximum absolute atomic E-state index is 12.5. The lowest BCUT2D eigenvalue weighted by Crippen LogP contribution is -2.38. The van der Waals surface area contributed by atoms with E-state index in [4.69, 9.17) is 0 Å². The van der Waals surface area contributed by atoms with Gasteiger partial charge in [-0.1, -0.05) is 43.0 Å². The Hall–Kier alpha value is -2.45. The molecule has 0 aliphatic rings. The van der Waals surface area contributed by atoms with Gasteiger partial charge in [-0.25, -0.2) is 16.8 Å². The summed E-state index contributed by atoms with van der Waals surface area (Å²) in [5.74, 6) is -1.07. The molecule has 0 bridgehead atoms. The fraction of sp³-hybridized carbons (Fsp3) is 0.250. The van der Waals surface area contributed by atoms with E-state index in [2.05, 4.69) is 6.58 Å². The molecule has 8 heteroatoms. The molecule has 2 rings (SSSR count). The summed E-state index contributed by atoms with van der Waals surface area (Å²) in [6.45, 7) is 4.86. The molecule has 0 saturated heterocycles. The van der Waals surface area contributed by atoms with Crippen molar-refractivity contribution >= 4 is 25.6 Å². The van der Waals surface area contributed by atoms with Gasteiger partial charge in [-0.05, 0) is 31.2 Å². The van der Waals surface area contributed by atoms with Crippen molar-refractivity contribution in [2.75, 3.05) is 24.6 Å². The standard InChI is InChI=1S/C20H23NO5S2/c1-17(2)20(22)21(13-15-27(23,24)18-9-5-3-6-10-18)14-16-28(25,26)19-11-7-4-8-12-19/h3-12H,1,13-16H2,2H3. The zero-order valence-electron chi connectivity index (χ0n) is 15.6. The summed E-state index contributed by atoms with van der Waals surface area (Å²) in [7, 11) is -7.19. The summed E-state index contributed by atoms with van der Waals surface area (Å²) >= 11 is 0. The Morgan fingerprint density at radius 1 is 0.786 bits per heavy atom. The van der Waals surface area contributed by atoms with Crippen LogP contribution in [-0.4, -0.2) is 52.2 Å². The highest BCUT2D eigenvalue weighted by Crippen LogP contribution is 2.13. The van der Waals surface area contributed by atoms with Crippen molar-refractivity contribution in [1.82, 2.24) is 4.90 Å². The van der Waals surface area contributed by atoms with Gasteiger partial charge in [0.1, 0.15) is 0 Å². The molecule has 0 N–H and O–H groups in total. The molecular weight excluding hydrogens is 398 g/mol. The average Bonchev–Trinajstić information content (AvgIpc) is 2.68. The molecule has 2 aromatic rings. The van der Waals surface area contributed by atoms with Crippen molar-refractivity contribution in [3.8, 4) is 0 Å². The van der Waals surface area contributed by atoms with Gasteiger partial charge in [0.05, 0.1) is 21.3 Å². The SMILES string of the molecule is C=C(C)C(=O)N(CCS(=O)(=O)c1ccccc1)CCS(=O)(=O)c1ccccc1. The Morgan fingerprint density at radius 2 is 1.14 bits per heavy atom. The van der Waals surface area contributed by atoms with Gasteiger partial charge in [0.15, 0.2) is 19.7 Å². The van der Waals surface area contributed by atoms with Crippen LogP contribution in [0.4, 0.5) is 0 Å². The van der Waals surface area contributed by atoms with E-state index in [0.29, 0.717) is 0 Å². The summed E-state index contributed by atoms with van der Waals surface area (Å²) in [5.41, 5.74) is 0.217. The van der Waals surface area contributed by atoms with Crippen molar-refractivity contribution in [2.24, 2.45) is 0 Å². The van der Waals surface area contributed by atoms with Gasteiger partial charge in [0.25, 0.3) is 0 Å². The molecule has 0 saturated carbocycles. The van der Waals surface area contributed by atoms with E-state index in [1.165, 1.54) is 36.1 Å². The number of carbonyl (C=O) groups is 1. The molecule has 0 aromatic heterocycles. The Kier molecular flexibility index (Phi) is 7.15. The molecule has 6 nitrogen and oxygen atoms in total. The highest BCUT2D eigenvalue weighted by Gasteiger charge is 2.22. The molecule has 150 valence electrons. The predicted molar refractivity (Wildman–Crippen MR) is 108 cm³/mol. The summed E-state index contributed by atoms with van der Waals surface area (Å²) in [6, 6.07) is 15.9. The van der Waals surface area contributed by atoms with Crippen LogP contribution in [0.5, 0.6) is 0 Å². The summed E-state index contributed by atoms with van der Waals surface area (Å²) in [5, 5.41) is 0. The highest BCUT2D eigenvalue weighted by molar-refractivity contribution is 7.91. The van der Waals surface area contributed by atoms with Crippen LogP contribution in [0, 0.1) is 0 Å². The van der Waals surface area contributed by atoms with Gasteiger partial charge in [-0.2, -0.15) is 0 Å². The van der Waals surface area contributed by atoms with E-state index < -0.39 is 25.6 Å². The second-order valence-electron chi connectivity index (χ2n) is 6.34. The summed E-state index contributed by atoms with van der Waals surface area (Å²) in [6.07, 6.45) is 0. The minimum absolute atomic E-state index is 0.118. The molecule has 1 amide bonds. The van der Waals surface area contributed by atoms with E-state index >= 15 is 0 Å². The highest BCUT2D eigenvalue weighted by atomic mass is 32.2. The number of amides is 1. The Labute approximate surface area is 166 Å². The van der Waals surface area contributed by atoms with Crippen molar-refractivity contribution in [2.45, 2.75) is 16.7 Å². The van der Waals surface area contributed by atoms with Crippen LogP contribution in [0.3, 0.4) is 0 Å². The third kappa shape index (κ3) is 5.77. The molecule has 0 spiro atoms. The lowest BCUT2D eigenvalue weighted by molar-refractivity contribution is -0.126. The van der Waals surface area contributed by atoms with Crippen molar-refractivity contribution in [3.05, 3.63) is 72.8 Å². The molecule has 2 aromatic carbocycles. The van der Waals surface area contributed by atoms with Crippen LogP contribution in [0.1, 0.15) is 6.92 Å². The third-order valence-electron chi connectivity index (χ3n) is 4.12. The first-order valence-corrected chi connectivity index (χ1v) is 11.9. The van der Waals surface area contributed by atoms with E-state index in [9.17, 15) is 21.6 Å². The maximum Gasteiger partial charge on any atom is 0.248 e. The lowest BCUT2D eigenvalue weighted by atomic mass is 10.3. The molecule has 0 aliphatic carbocycles. The second-order valence-corrected chi connectivity index (χ2v) is 10.6. The Bertz CT molecular complexity index is 957. The number of nitrogens with zero attached hydrogens (tertiary/aromatic N) is 1. The zero-order chi connectivity index (χ0) is 20.8. The van der Waals surface area contributed by atoms with Gasteiger partial charge in [-0.3, -0.25) is 4.79 Å². The topological polar surface area (TPSA) is 88.6 Å². The van der Waals surface area contributed by atoms with E-state index in [0.717, 1.165) is 0 Å². The van der Waals surface area contributed by atoms with Crippen molar-refractivity contribution in [1.29, 1.82) is 0 Å². The molecule has 0 atom stereocenters. The van der Waals surface area contributed by atoms with Gasteiger partial charge >= 0.3 is 0 Å². The summed E-state index contributed by atoms with van der Waals surface area (Å²) < 4.78 is 49.9. The normalized spacial score (nSPS) is 11.8. The molecule has 28 heavy (non-hydrogen) atoms. The van der Waals surface area contributed by atoms with Gasteiger partial charge in [0, 0.05) is 18.7 Å². The average molecular weight is 422 g/mol. The predicted octanol–water partition coefficient (Wildman–Crippen LogP) is 2.34. The number of rotatable bonds is 9. The van der Waals surface area contributed by atoms with Crippen LogP contribution in [0.2, 0.25) is 0 Å². The number of sulfone groups is 2. The largest absolute Gasteiger partial charge is 0.337 e. The first kappa shape index (κ1) is 21.8. The van der Waals surface area contributed by atoms with Crippen LogP contribution in [0.15, 0.2) is 82.6 Å².